The van der Waals surface area contributed by atoms with Gasteiger partial charge in [-0.1, -0.05) is 0 Å². The van der Waals surface area contributed by atoms with E-state index in [1.165, 1.54) is 23.2 Å². The minimum Gasteiger partial charge on any atom is -0.465 e. The first-order chi connectivity index (χ1) is 10.2. The zero-order valence-electron chi connectivity index (χ0n) is 12.8. The molecule has 0 spiro atoms. The summed E-state index contributed by atoms with van der Waals surface area (Å²) < 4.78 is 0. The summed E-state index contributed by atoms with van der Waals surface area (Å²) in [6.45, 7) is 5.56. The molecule has 0 bridgehead atoms. The summed E-state index contributed by atoms with van der Waals surface area (Å²) in [5, 5.41) is 23.3. The van der Waals surface area contributed by atoms with Crippen LogP contribution in [0.5, 0.6) is 0 Å². The average molecular weight is 308 g/mol. The van der Waals surface area contributed by atoms with Crippen molar-refractivity contribution >= 4 is 17.6 Å². The number of nitrogens with one attached hydrogen (secondary N) is 1. The molecule has 0 aromatic carbocycles. The van der Waals surface area contributed by atoms with Crippen LogP contribution in [0.25, 0.3) is 0 Å². The second kappa shape index (κ2) is 5.78. The molecule has 1 fully saturated rings. The van der Waals surface area contributed by atoms with Crippen molar-refractivity contribution < 1.29 is 14.8 Å². The van der Waals surface area contributed by atoms with E-state index in [9.17, 15) is 20.0 Å². The quantitative estimate of drug-likeness (QED) is 0.654. The maximum absolute atomic E-state index is 11.4. The van der Waals surface area contributed by atoms with Gasteiger partial charge in [-0.15, -0.1) is 0 Å². The fourth-order valence-corrected chi connectivity index (χ4v) is 2.76. The summed E-state index contributed by atoms with van der Waals surface area (Å²) in [6.07, 6.45) is 1.76. The van der Waals surface area contributed by atoms with Crippen molar-refractivity contribution in [1.29, 1.82) is 0 Å². The first-order valence-corrected chi connectivity index (χ1v) is 7.08. The Labute approximate surface area is 128 Å². The van der Waals surface area contributed by atoms with Crippen LogP contribution in [-0.4, -0.2) is 43.6 Å². The maximum Gasteiger partial charge on any atom is 0.407 e. The molecule has 2 N–H and O–H groups in total. The molecule has 1 aromatic rings. The molecule has 1 aliphatic carbocycles. The third-order valence-electron chi connectivity index (χ3n) is 3.73. The average Bonchev–Trinajstić information content (AvgIpc) is 2.34. The van der Waals surface area contributed by atoms with Crippen molar-refractivity contribution in [1.82, 2.24) is 9.88 Å². The molecule has 1 heterocycles. The zero-order valence-corrected chi connectivity index (χ0v) is 12.8. The van der Waals surface area contributed by atoms with Gasteiger partial charge in [0.2, 0.25) is 5.82 Å². The highest BCUT2D eigenvalue weighted by molar-refractivity contribution is 5.67. The molecular weight excluding hydrogens is 288 g/mol. The Morgan fingerprint density at radius 2 is 2.14 bits per heavy atom. The van der Waals surface area contributed by atoms with Crippen LogP contribution in [0.15, 0.2) is 18.3 Å². The van der Waals surface area contributed by atoms with Crippen LogP contribution < -0.4 is 5.32 Å². The summed E-state index contributed by atoms with van der Waals surface area (Å²) >= 11 is 0. The second-order valence-corrected chi connectivity index (χ2v) is 6.42. The number of nitro groups is 1. The minimum atomic E-state index is -0.945. The first kappa shape index (κ1) is 16.0. The van der Waals surface area contributed by atoms with Gasteiger partial charge in [0.1, 0.15) is 0 Å². The smallest absolute Gasteiger partial charge is 0.407 e. The molecule has 2 rings (SSSR count). The molecule has 0 saturated heterocycles. The van der Waals surface area contributed by atoms with E-state index in [1.54, 1.807) is 0 Å². The van der Waals surface area contributed by atoms with Gasteiger partial charge in [-0.25, -0.2) is 9.78 Å². The molecule has 22 heavy (non-hydrogen) atoms. The van der Waals surface area contributed by atoms with Crippen molar-refractivity contribution in [3.8, 4) is 0 Å². The van der Waals surface area contributed by atoms with Gasteiger partial charge in [0.15, 0.2) is 0 Å². The fraction of sp³-hybridized carbons (Fsp3) is 0.571. The lowest BCUT2D eigenvalue weighted by atomic mass is 9.83. The Morgan fingerprint density at radius 3 is 2.64 bits per heavy atom. The van der Waals surface area contributed by atoms with E-state index in [2.05, 4.69) is 10.3 Å². The molecule has 8 heteroatoms. The van der Waals surface area contributed by atoms with E-state index >= 15 is 0 Å². The zero-order chi connectivity index (χ0) is 16.5. The summed E-state index contributed by atoms with van der Waals surface area (Å²) in [4.78, 5) is 27.3. The van der Waals surface area contributed by atoms with Crippen LogP contribution >= 0.6 is 0 Å². The lowest BCUT2D eigenvalue weighted by Gasteiger charge is -2.47. The minimum absolute atomic E-state index is 0.0113. The summed E-state index contributed by atoms with van der Waals surface area (Å²) in [5.41, 5.74) is -0.546. The number of rotatable bonds is 4. The largest absolute Gasteiger partial charge is 0.465 e. The Morgan fingerprint density at radius 1 is 1.50 bits per heavy atom. The molecule has 0 radical (unpaired) electrons. The van der Waals surface area contributed by atoms with E-state index in [0.717, 1.165) is 0 Å². The third kappa shape index (κ3) is 3.26. The van der Waals surface area contributed by atoms with Crippen molar-refractivity contribution in [3.05, 3.63) is 28.4 Å². The molecule has 0 aliphatic heterocycles. The number of hydrogen-bond donors (Lipinski definition) is 2. The fourth-order valence-electron chi connectivity index (χ4n) is 2.76. The van der Waals surface area contributed by atoms with Crippen molar-refractivity contribution in [2.75, 3.05) is 5.32 Å². The molecular formula is C14H20N4O4. The number of nitrogens with zero attached hydrogens (tertiary/aromatic N) is 3. The molecule has 0 unspecified atom stereocenters. The van der Waals surface area contributed by atoms with Gasteiger partial charge in [0.25, 0.3) is 0 Å². The van der Waals surface area contributed by atoms with Gasteiger partial charge >= 0.3 is 11.8 Å². The lowest BCUT2D eigenvalue weighted by molar-refractivity contribution is -0.384. The van der Waals surface area contributed by atoms with Crippen molar-refractivity contribution in [2.45, 2.75) is 51.2 Å². The van der Waals surface area contributed by atoms with Crippen LogP contribution in [0.2, 0.25) is 0 Å². The first-order valence-electron chi connectivity index (χ1n) is 7.08. The summed E-state index contributed by atoms with van der Waals surface area (Å²) in [7, 11) is 0. The van der Waals surface area contributed by atoms with Gasteiger partial charge in [-0.3, -0.25) is 10.1 Å². The van der Waals surface area contributed by atoms with Crippen molar-refractivity contribution in [3.63, 3.8) is 0 Å². The topological polar surface area (TPSA) is 109 Å². The van der Waals surface area contributed by atoms with Crippen LogP contribution in [0, 0.1) is 10.1 Å². The van der Waals surface area contributed by atoms with Crippen LogP contribution in [0.1, 0.15) is 33.6 Å². The van der Waals surface area contributed by atoms with Crippen LogP contribution in [0.3, 0.4) is 0 Å². The van der Waals surface area contributed by atoms with Crippen molar-refractivity contribution in [2.24, 2.45) is 0 Å². The SMILES string of the molecule is CC(C)(C)N(C(=O)O)C1CC(Nc2ncccc2[N+](=O)[O-])C1. The number of aromatic nitrogens is 1. The van der Waals surface area contributed by atoms with E-state index in [1.807, 2.05) is 20.8 Å². The Hall–Kier alpha value is -2.38. The van der Waals surface area contributed by atoms with E-state index in [4.69, 9.17) is 0 Å². The Balaban J connectivity index is 2.01. The van der Waals surface area contributed by atoms with Gasteiger partial charge in [0, 0.05) is 29.9 Å². The van der Waals surface area contributed by atoms with E-state index in [-0.39, 0.29) is 23.6 Å². The number of hydrogen-bond acceptors (Lipinski definition) is 5. The predicted octanol–water partition coefficient (Wildman–Crippen LogP) is 2.71. The number of carboxylic acid groups (broad SMARTS) is 1. The summed E-state index contributed by atoms with van der Waals surface area (Å²) in [5.74, 6) is 0.230. The summed E-state index contributed by atoms with van der Waals surface area (Å²) in [6, 6.07) is 2.81. The number of pyridine rings is 1. The van der Waals surface area contributed by atoms with Gasteiger partial charge in [-0.05, 0) is 39.7 Å². The van der Waals surface area contributed by atoms with Crippen LogP contribution in [0.4, 0.5) is 16.3 Å². The number of anilines is 1. The molecule has 1 saturated carbocycles. The predicted molar refractivity (Wildman–Crippen MR) is 80.9 cm³/mol. The third-order valence-corrected chi connectivity index (χ3v) is 3.73. The monoisotopic (exact) mass is 308 g/mol. The normalized spacial score (nSPS) is 20.9. The molecule has 120 valence electrons. The standard InChI is InChI=1S/C14H20N4O4/c1-14(2,3)17(13(19)20)10-7-9(8-10)16-12-11(18(21)22)5-4-6-15-12/h4-6,9-10H,7-8H2,1-3H3,(H,15,16)(H,19,20). The van der Waals surface area contributed by atoms with Gasteiger partial charge in [0.05, 0.1) is 4.92 Å². The van der Waals surface area contributed by atoms with E-state index in [0.29, 0.717) is 12.8 Å². The lowest BCUT2D eigenvalue weighted by Crippen LogP contribution is -2.58. The number of carbonyl (C=O) groups is 1. The Kier molecular flexibility index (Phi) is 4.20. The van der Waals surface area contributed by atoms with E-state index < -0.39 is 16.6 Å². The Bertz CT molecular complexity index is 578. The highest BCUT2D eigenvalue weighted by Crippen LogP contribution is 2.34. The highest BCUT2D eigenvalue weighted by Gasteiger charge is 2.41. The second-order valence-electron chi connectivity index (χ2n) is 6.42. The van der Waals surface area contributed by atoms with Gasteiger partial charge in [-0.2, -0.15) is 0 Å². The molecule has 1 aromatic heterocycles. The number of amides is 1. The van der Waals surface area contributed by atoms with Gasteiger partial charge < -0.3 is 15.3 Å². The highest BCUT2D eigenvalue weighted by atomic mass is 16.6. The molecule has 1 aliphatic rings. The molecule has 8 nitrogen and oxygen atoms in total. The molecule has 0 atom stereocenters. The van der Waals surface area contributed by atoms with Crippen LogP contribution in [-0.2, 0) is 0 Å². The maximum atomic E-state index is 11.4. The molecule has 1 amide bonds.